The summed E-state index contributed by atoms with van der Waals surface area (Å²) in [5, 5.41) is 10.3. The van der Waals surface area contributed by atoms with E-state index in [9.17, 15) is 21.6 Å². The van der Waals surface area contributed by atoms with Crippen LogP contribution in [0.25, 0.3) is 11.4 Å². The highest BCUT2D eigenvalue weighted by molar-refractivity contribution is 7.93. The largest absolute Gasteiger partial charge is 0.381 e. The molecule has 1 amide bonds. The highest BCUT2D eigenvalue weighted by atomic mass is 32.2. The van der Waals surface area contributed by atoms with Gasteiger partial charge in [-0.1, -0.05) is 0 Å². The van der Waals surface area contributed by atoms with E-state index in [1.165, 1.54) is 26.0 Å². The van der Waals surface area contributed by atoms with Gasteiger partial charge in [-0.2, -0.15) is 0 Å². The van der Waals surface area contributed by atoms with Gasteiger partial charge in [0.15, 0.2) is 25.5 Å². The highest BCUT2D eigenvalue weighted by Gasteiger charge is 2.43. The number of H-pyrrole nitrogens is 1. The number of carbonyl (C=O) groups is 1. The number of aromatic amines is 1. The Bertz CT molecular complexity index is 1150. The van der Waals surface area contributed by atoms with E-state index in [1.807, 2.05) is 0 Å². The van der Waals surface area contributed by atoms with Crippen molar-refractivity contribution >= 4 is 31.5 Å². The van der Waals surface area contributed by atoms with Crippen molar-refractivity contribution < 1.29 is 26.4 Å². The Morgan fingerprint density at radius 1 is 1.13 bits per heavy atom. The molecule has 1 aliphatic rings. The summed E-state index contributed by atoms with van der Waals surface area (Å²) in [5.74, 6) is -0.516. The van der Waals surface area contributed by atoms with Gasteiger partial charge in [-0.15, -0.1) is 10.2 Å². The second-order valence-corrected chi connectivity index (χ2v) is 12.7. The Labute approximate surface area is 181 Å². The third-order valence-electron chi connectivity index (χ3n) is 5.39. The Kier molecular flexibility index (Phi) is 6.53. The number of nitrogens with zero attached hydrogens (tertiary/aromatic N) is 2. The summed E-state index contributed by atoms with van der Waals surface area (Å²) in [5.41, 5.74) is 0.562. The third-order valence-corrected chi connectivity index (χ3v) is 9.17. The van der Waals surface area contributed by atoms with Crippen LogP contribution in [-0.4, -0.2) is 67.9 Å². The number of anilines is 1. The van der Waals surface area contributed by atoms with Crippen LogP contribution in [0.3, 0.4) is 0 Å². The standard InChI is InChI=1S/C19H26N4O6S2/c1-19(2,31(27,28)12-13-8-10-29-11-9-13)17(24)21-18-20-16(22-23-18)14-4-6-15(7-5-14)30(3,25)26/h4-7,13H,8-12H2,1-3H3,(H2,20,21,22,23,24). The van der Waals surface area contributed by atoms with Crippen molar-refractivity contribution in [3.05, 3.63) is 24.3 Å². The molecule has 2 N–H and O–H groups in total. The molecule has 0 atom stereocenters. The smallest absolute Gasteiger partial charge is 0.247 e. The molecule has 0 aliphatic carbocycles. The van der Waals surface area contributed by atoms with Crippen LogP contribution in [-0.2, 0) is 29.2 Å². The fourth-order valence-corrected chi connectivity index (χ4v) is 5.47. The first-order valence-corrected chi connectivity index (χ1v) is 13.3. The number of hydrogen-bond donors (Lipinski definition) is 2. The molecule has 1 aromatic heterocycles. The van der Waals surface area contributed by atoms with E-state index in [-0.39, 0.29) is 22.5 Å². The lowest BCUT2D eigenvalue weighted by molar-refractivity contribution is -0.117. The third kappa shape index (κ3) is 5.31. The lowest BCUT2D eigenvalue weighted by Crippen LogP contribution is -2.47. The molecular weight excluding hydrogens is 444 g/mol. The molecule has 3 rings (SSSR count). The van der Waals surface area contributed by atoms with Crippen molar-refractivity contribution in [2.24, 2.45) is 5.92 Å². The fourth-order valence-electron chi connectivity index (χ4n) is 3.14. The summed E-state index contributed by atoms with van der Waals surface area (Å²) in [6.45, 7) is 3.80. The number of nitrogens with one attached hydrogen (secondary N) is 2. The Morgan fingerprint density at radius 3 is 2.32 bits per heavy atom. The molecule has 0 spiro atoms. The predicted molar refractivity (Wildman–Crippen MR) is 115 cm³/mol. The Balaban J connectivity index is 1.71. The number of aromatic nitrogens is 3. The van der Waals surface area contributed by atoms with E-state index in [2.05, 4.69) is 20.5 Å². The molecule has 0 bridgehead atoms. The van der Waals surface area contributed by atoms with Gasteiger partial charge in [-0.25, -0.2) is 16.8 Å². The van der Waals surface area contributed by atoms with Crippen LogP contribution >= 0.6 is 0 Å². The first-order valence-electron chi connectivity index (χ1n) is 9.75. The first kappa shape index (κ1) is 23.4. The topological polar surface area (TPSA) is 148 Å². The molecule has 2 aromatic rings. The van der Waals surface area contributed by atoms with E-state index in [4.69, 9.17) is 4.74 Å². The van der Waals surface area contributed by atoms with Crippen LogP contribution in [0.4, 0.5) is 5.95 Å². The summed E-state index contributed by atoms with van der Waals surface area (Å²) in [6.07, 6.45) is 2.42. The van der Waals surface area contributed by atoms with Crippen molar-refractivity contribution in [3.8, 4) is 11.4 Å². The minimum absolute atomic E-state index is 0.00142. The maximum Gasteiger partial charge on any atom is 0.247 e. The van der Waals surface area contributed by atoms with Crippen molar-refractivity contribution in [2.45, 2.75) is 36.3 Å². The summed E-state index contributed by atoms with van der Waals surface area (Å²) in [7, 11) is -7.05. The first-order chi connectivity index (χ1) is 14.4. The van der Waals surface area contributed by atoms with E-state index >= 15 is 0 Å². The second-order valence-electron chi connectivity index (χ2n) is 8.12. The average molecular weight is 471 g/mol. The molecule has 1 fully saturated rings. The molecular formula is C19H26N4O6S2. The average Bonchev–Trinajstić information content (AvgIpc) is 3.16. The number of hydrogen-bond acceptors (Lipinski definition) is 8. The summed E-state index contributed by atoms with van der Waals surface area (Å²) >= 11 is 0. The quantitative estimate of drug-likeness (QED) is 0.617. The minimum Gasteiger partial charge on any atom is -0.381 e. The van der Waals surface area contributed by atoms with Gasteiger partial charge in [-0.3, -0.25) is 10.1 Å². The fraction of sp³-hybridized carbons (Fsp3) is 0.526. The van der Waals surface area contributed by atoms with Crippen molar-refractivity contribution in [2.75, 3.05) is 30.5 Å². The van der Waals surface area contributed by atoms with Crippen LogP contribution in [0.1, 0.15) is 26.7 Å². The van der Waals surface area contributed by atoms with Gasteiger partial charge in [0.05, 0.1) is 10.6 Å². The van der Waals surface area contributed by atoms with Crippen molar-refractivity contribution in [1.82, 2.24) is 15.2 Å². The van der Waals surface area contributed by atoms with Crippen LogP contribution in [0.15, 0.2) is 29.2 Å². The van der Waals surface area contributed by atoms with Gasteiger partial charge < -0.3 is 9.72 Å². The van der Waals surface area contributed by atoms with Gasteiger partial charge in [0.25, 0.3) is 0 Å². The number of ether oxygens (including phenoxy) is 1. The highest BCUT2D eigenvalue weighted by Crippen LogP contribution is 2.26. The Morgan fingerprint density at radius 2 is 1.74 bits per heavy atom. The molecule has 10 nitrogen and oxygen atoms in total. The van der Waals surface area contributed by atoms with E-state index in [0.717, 1.165) is 6.26 Å². The summed E-state index contributed by atoms with van der Waals surface area (Å²) in [6, 6.07) is 6.00. The predicted octanol–water partition coefficient (Wildman–Crippen LogP) is 1.43. The van der Waals surface area contributed by atoms with E-state index < -0.39 is 30.3 Å². The lowest BCUT2D eigenvalue weighted by Gasteiger charge is -2.28. The van der Waals surface area contributed by atoms with Crippen LogP contribution in [0.2, 0.25) is 0 Å². The van der Waals surface area contributed by atoms with Gasteiger partial charge in [0.1, 0.15) is 4.75 Å². The zero-order valence-corrected chi connectivity index (χ0v) is 19.2. The van der Waals surface area contributed by atoms with Gasteiger partial charge >= 0.3 is 0 Å². The van der Waals surface area contributed by atoms with Crippen LogP contribution < -0.4 is 5.32 Å². The SMILES string of the molecule is CC(C)(C(=O)Nc1nnc(-c2ccc(S(C)(=O)=O)cc2)[nH]1)S(=O)(=O)CC1CCOCC1. The lowest BCUT2D eigenvalue weighted by atomic mass is 10.0. The maximum absolute atomic E-state index is 12.9. The maximum atomic E-state index is 12.9. The molecule has 2 heterocycles. The van der Waals surface area contributed by atoms with Crippen molar-refractivity contribution in [3.63, 3.8) is 0 Å². The molecule has 170 valence electrons. The number of amides is 1. The molecule has 0 unspecified atom stereocenters. The molecule has 1 aliphatic heterocycles. The second kappa shape index (κ2) is 8.67. The van der Waals surface area contributed by atoms with E-state index in [1.54, 1.807) is 12.1 Å². The molecule has 1 saturated heterocycles. The van der Waals surface area contributed by atoms with E-state index in [0.29, 0.717) is 37.4 Å². The summed E-state index contributed by atoms with van der Waals surface area (Å²) in [4.78, 5) is 15.7. The molecule has 31 heavy (non-hydrogen) atoms. The zero-order chi connectivity index (χ0) is 22.9. The number of carbonyl (C=O) groups excluding carboxylic acids is 1. The monoisotopic (exact) mass is 470 g/mol. The number of rotatable bonds is 7. The molecule has 1 aromatic carbocycles. The summed E-state index contributed by atoms with van der Waals surface area (Å²) < 4.78 is 52.5. The minimum atomic E-state index is -3.73. The number of sulfone groups is 2. The number of benzene rings is 1. The van der Waals surface area contributed by atoms with Crippen LogP contribution in [0, 0.1) is 5.92 Å². The molecule has 0 saturated carbocycles. The van der Waals surface area contributed by atoms with Crippen LogP contribution in [0.5, 0.6) is 0 Å². The normalized spacial score (nSPS) is 16.2. The molecule has 12 heteroatoms. The van der Waals surface area contributed by atoms with Crippen molar-refractivity contribution in [1.29, 1.82) is 0 Å². The Hall–Kier alpha value is -2.31. The van der Waals surface area contributed by atoms with Gasteiger partial charge in [0.2, 0.25) is 11.9 Å². The molecule has 0 radical (unpaired) electrons. The zero-order valence-electron chi connectivity index (χ0n) is 17.6. The van der Waals surface area contributed by atoms with Gasteiger partial charge in [0, 0.05) is 25.0 Å². The van der Waals surface area contributed by atoms with Gasteiger partial charge in [-0.05, 0) is 56.9 Å².